The standard InChI is InChI=1S/C23H21N3O2S/c1-14-15(2)29-23(20(14)21(24)27)25-22(28)19-12-17-10-6-7-11-18(17)26(19)13-16-8-4-3-5-9-16/h3-12H,13H2,1-2H3,(H2,24,27)(H,25,28). The van der Waals surface area contributed by atoms with E-state index in [1.807, 2.05) is 79.1 Å². The molecule has 5 nitrogen and oxygen atoms in total. The first-order chi connectivity index (χ1) is 14.0. The summed E-state index contributed by atoms with van der Waals surface area (Å²) in [5.74, 6) is -0.798. The van der Waals surface area contributed by atoms with Crippen LogP contribution >= 0.6 is 11.3 Å². The molecule has 0 atom stereocenters. The predicted octanol–water partition coefficient (Wildman–Crippen LogP) is 4.72. The molecule has 0 aliphatic rings. The van der Waals surface area contributed by atoms with Crippen LogP contribution in [0.15, 0.2) is 60.7 Å². The number of aryl methyl sites for hydroxylation is 1. The highest BCUT2D eigenvalue weighted by atomic mass is 32.1. The average Bonchev–Trinajstić information content (AvgIpc) is 3.20. The number of para-hydroxylation sites is 1. The van der Waals surface area contributed by atoms with Crippen LogP contribution in [0.25, 0.3) is 10.9 Å². The van der Waals surface area contributed by atoms with Gasteiger partial charge < -0.3 is 15.6 Å². The normalized spacial score (nSPS) is 11.0. The summed E-state index contributed by atoms with van der Waals surface area (Å²) in [4.78, 5) is 26.1. The third-order valence-corrected chi connectivity index (χ3v) is 6.21. The van der Waals surface area contributed by atoms with Crippen molar-refractivity contribution in [1.82, 2.24) is 4.57 Å². The summed E-state index contributed by atoms with van der Waals surface area (Å²) in [6, 6.07) is 19.8. The van der Waals surface area contributed by atoms with Crippen molar-refractivity contribution in [2.75, 3.05) is 5.32 Å². The van der Waals surface area contributed by atoms with Gasteiger partial charge in [-0.3, -0.25) is 9.59 Å². The molecule has 0 aliphatic carbocycles. The van der Waals surface area contributed by atoms with Crippen LogP contribution in [-0.2, 0) is 6.54 Å². The molecule has 0 radical (unpaired) electrons. The van der Waals surface area contributed by atoms with Gasteiger partial charge in [0.1, 0.15) is 10.7 Å². The second kappa shape index (κ2) is 7.56. The third kappa shape index (κ3) is 3.54. The van der Waals surface area contributed by atoms with E-state index in [0.717, 1.165) is 26.9 Å². The zero-order valence-corrected chi connectivity index (χ0v) is 17.0. The minimum absolute atomic E-state index is 0.263. The lowest BCUT2D eigenvalue weighted by Gasteiger charge is -2.11. The second-order valence-electron chi connectivity index (χ2n) is 6.97. The van der Waals surface area contributed by atoms with E-state index in [0.29, 0.717) is 22.8 Å². The van der Waals surface area contributed by atoms with Gasteiger partial charge in [-0.25, -0.2) is 0 Å². The first kappa shape index (κ1) is 19.0. The van der Waals surface area contributed by atoms with Gasteiger partial charge in [-0.15, -0.1) is 11.3 Å². The van der Waals surface area contributed by atoms with Gasteiger partial charge in [-0.2, -0.15) is 0 Å². The van der Waals surface area contributed by atoms with Gasteiger partial charge in [0, 0.05) is 22.3 Å². The van der Waals surface area contributed by atoms with Gasteiger partial charge in [-0.05, 0) is 37.1 Å². The van der Waals surface area contributed by atoms with Gasteiger partial charge in [0.2, 0.25) is 0 Å². The van der Waals surface area contributed by atoms with E-state index in [-0.39, 0.29) is 5.91 Å². The van der Waals surface area contributed by atoms with Crippen LogP contribution in [0.3, 0.4) is 0 Å². The van der Waals surface area contributed by atoms with Crippen molar-refractivity contribution < 1.29 is 9.59 Å². The minimum atomic E-state index is -0.535. The molecule has 2 amide bonds. The van der Waals surface area contributed by atoms with Crippen LogP contribution in [0.5, 0.6) is 0 Å². The Morgan fingerprint density at radius 2 is 1.72 bits per heavy atom. The van der Waals surface area contributed by atoms with Crippen molar-refractivity contribution in [1.29, 1.82) is 0 Å². The molecule has 2 aromatic heterocycles. The Balaban J connectivity index is 1.76. The Hall–Kier alpha value is -3.38. The molecule has 6 heteroatoms. The monoisotopic (exact) mass is 403 g/mol. The number of primary amides is 1. The maximum absolute atomic E-state index is 13.2. The maximum atomic E-state index is 13.2. The van der Waals surface area contributed by atoms with Crippen LogP contribution in [-0.4, -0.2) is 16.4 Å². The van der Waals surface area contributed by atoms with Crippen molar-refractivity contribution in [3.8, 4) is 0 Å². The molecule has 0 spiro atoms. The Bertz CT molecular complexity index is 1220. The first-order valence-electron chi connectivity index (χ1n) is 9.29. The molecule has 0 bridgehead atoms. The number of rotatable bonds is 5. The van der Waals surface area contributed by atoms with E-state index in [1.54, 1.807) is 0 Å². The molecule has 2 aromatic carbocycles. The van der Waals surface area contributed by atoms with Gasteiger partial charge in [0.05, 0.1) is 5.56 Å². The number of amides is 2. The smallest absolute Gasteiger partial charge is 0.272 e. The Morgan fingerprint density at radius 1 is 1.03 bits per heavy atom. The number of anilines is 1. The van der Waals surface area contributed by atoms with E-state index in [1.165, 1.54) is 11.3 Å². The van der Waals surface area contributed by atoms with Crippen molar-refractivity contribution in [2.45, 2.75) is 20.4 Å². The zero-order chi connectivity index (χ0) is 20.5. The molecule has 3 N–H and O–H groups in total. The van der Waals surface area contributed by atoms with Crippen LogP contribution < -0.4 is 11.1 Å². The van der Waals surface area contributed by atoms with Gasteiger partial charge in [-0.1, -0.05) is 48.5 Å². The van der Waals surface area contributed by atoms with E-state index in [9.17, 15) is 9.59 Å². The fourth-order valence-electron chi connectivity index (χ4n) is 3.51. The molecule has 0 saturated heterocycles. The van der Waals surface area contributed by atoms with Gasteiger partial charge in [0.15, 0.2) is 0 Å². The van der Waals surface area contributed by atoms with Gasteiger partial charge >= 0.3 is 0 Å². The van der Waals surface area contributed by atoms with E-state index >= 15 is 0 Å². The summed E-state index contributed by atoms with van der Waals surface area (Å²) in [5, 5.41) is 4.40. The predicted molar refractivity (Wildman–Crippen MR) is 118 cm³/mol. The van der Waals surface area contributed by atoms with Crippen molar-refractivity contribution in [2.24, 2.45) is 5.73 Å². The summed E-state index contributed by atoms with van der Waals surface area (Å²) >= 11 is 1.37. The summed E-state index contributed by atoms with van der Waals surface area (Å²) < 4.78 is 2.00. The van der Waals surface area contributed by atoms with E-state index in [4.69, 9.17) is 5.73 Å². The number of fused-ring (bicyclic) bond motifs is 1. The Kier molecular flexibility index (Phi) is 4.94. The number of nitrogens with one attached hydrogen (secondary N) is 1. The number of nitrogens with two attached hydrogens (primary N) is 1. The quantitative estimate of drug-likeness (QED) is 0.506. The maximum Gasteiger partial charge on any atom is 0.272 e. The van der Waals surface area contributed by atoms with Crippen LogP contribution in [0, 0.1) is 13.8 Å². The molecular weight excluding hydrogens is 382 g/mol. The molecule has 0 fully saturated rings. The minimum Gasteiger partial charge on any atom is -0.365 e. The lowest BCUT2D eigenvalue weighted by Crippen LogP contribution is -2.20. The average molecular weight is 404 g/mol. The molecule has 4 aromatic rings. The number of carbonyl (C=O) groups is 2. The van der Waals surface area contributed by atoms with Gasteiger partial charge in [0.25, 0.3) is 11.8 Å². The third-order valence-electron chi connectivity index (χ3n) is 5.09. The summed E-state index contributed by atoms with van der Waals surface area (Å²) in [5.41, 5.74) is 9.36. The molecule has 146 valence electrons. The highest BCUT2D eigenvalue weighted by Crippen LogP contribution is 2.33. The van der Waals surface area contributed by atoms with E-state index < -0.39 is 5.91 Å². The molecular formula is C23H21N3O2S. The second-order valence-corrected chi connectivity index (χ2v) is 8.19. The zero-order valence-electron chi connectivity index (χ0n) is 16.2. The van der Waals surface area contributed by atoms with Crippen LogP contribution in [0.1, 0.15) is 36.9 Å². The summed E-state index contributed by atoms with van der Waals surface area (Å²) in [7, 11) is 0. The fraction of sp³-hybridized carbons (Fsp3) is 0.130. The molecule has 4 rings (SSSR count). The highest BCUT2D eigenvalue weighted by Gasteiger charge is 2.22. The summed E-state index contributed by atoms with van der Waals surface area (Å²) in [6.45, 7) is 4.32. The lowest BCUT2D eigenvalue weighted by atomic mass is 10.1. The van der Waals surface area contributed by atoms with E-state index in [2.05, 4.69) is 5.32 Å². The largest absolute Gasteiger partial charge is 0.365 e. The highest BCUT2D eigenvalue weighted by molar-refractivity contribution is 7.16. The fourth-order valence-corrected chi connectivity index (χ4v) is 4.57. The number of hydrogen-bond acceptors (Lipinski definition) is 3. The van der Waals surface area contributed by atoms with Crippen LogP contribution in [0.4, 0.5) is 5.00 Å². The Labute approximate surface area is 172 Å². The SMILES string of the molecule is Cc1sc(NC(=O)c2cc3ccccc3n2Cc2ccccc2)c(C(N)=O)c1C. The summed E-state index contributed by atoms with van der Waals surface area (Å²) in [6.07, 6.45) is 0. The molecule has 0 unspecified atom stereocenters. The van der Waals surface area contributed by atoms with Crippen molar-refractivity contribution in [3.63, 3.8) is 0 Å². The molecule has 2 heterocycles. The first-order valence-corrected chi connectivity index (χ1v) is 10.1. The Morgan fingerprint density at radius 3 is 2.45 bits per heavy atom. The van der Waals surface area contributed by atoms with Crippen molar-refractivity contribution in [3.05, 3.63) is 87.9 Å². The number of aromatic nitrogens is 1. The molecule has 0 saturated carbocycles. The molecule has 0 aliphatic heterocycles. The lowest BCUT2D eigenvalue weighted by molar-refractivity contribution is 0.100. The number of nitrogens with zero attached hydrogens (tertiary/aromatic N) is 1. The number of hydrogen-bond donors (Lipinski definition) is 2. The number of carbonyl (C=O) groups excluding carboxylic acids is 2. The molecule has 29 heavy (non-hydrogen) atoms. The number of benzene rings is 2. The van der Waals surface area contributed by atoms with Crippen molar-refractivity contribution >= 4 is 39.1 Å². The number of thiophene rings is 1. The van der Waals surface area contributed by atoms with Crippen LogP contribution in [0.2, 0.25) is 0 Å². The topological polar surface area (TPSA) is 77.1 Å².